The fourth-order valence-electron chi connectivity index (χ4n) is 3.83. The summed E-state index contributed by atoms with van der Waals surface area (Å²) >= 11 is 5.95. The molecule has 0 aromatic heterocycles. The lowest BCUT2D eigenvalue weighted by Crippen LogP contribution is -2.39. The van der Waals surface area contributed by atoms with E-state index in [-0.39, 0.29) is 4.90 Å². The number of anilines is 1. The number of sulfonamides is 1. The van der Waals surface area contributed by atoms with Gasteiger partial charge in [0, 0.05) is 5.02 Å². The molecule has 1 N–H and O–H groups in total. The molecule has 0 aliphatic carbocycles. The summed E-state index contributed by atoms with van der Waals surface area (Å²) in [6, 6.07) is 27.6. The van der Waals surface area contributed by atoms with Crippen molar-refractivity contribution < 1.29 is 22.7 Å². The number of nitrogens with one attached hydrogen (secondary N) is 1. The fraction of sp³-hybridized carbons (Fsp3) is 0.161. The first kappa shape index (κ1) is 29.6. The van der Waals surface area contributed by atoms with E-state index >= 15 is 0 Å². The maximum Gasteiger partial charge on any atom is 0.264 e. The van der Waals surface area contributed by atoms with Gasteiger partial charge in [0.15, 0.2) is 11.5 Å². The number of carbonyl (C=O) groups excluding carboxylic acids is 1. The van der Waals surface area contributed by atoms with Gasteiger partial charge in [-0.1, -0.05) is 59.6 Å². The van der Waals surface area contributed by atoms with Crippen molar-refractivity contribution in [2.45, 2.75) is 25.3 Å². The van der Waals surface area contributed by atoms with Crippen LogP contribution in [0.25, 0.3) is 0 Å². The van der Waals surface area contributed by atoms with Crippen molar-refractivity contribution in [3.8, 4) is 11.5 Å². The van der Waals surface area contributed by atoms with E-state index in [1.807, 2.05) is 26.0 Å². The van der Waals surface area contributed by atoms with Crippen LogP contribution in [-0.4, -0.2) is 33.7 Å². The molecule has 1 amide bonds. The van der Waals surface area contributed by atoms with Crippen LogP contribution in [0.2, 0.25) is 5.02 Å². The highest BCUT2D eigenvalue weighted by atomic mass is 35.5. The van der Waals surface area contributed by atoms with Crippen molar-refractivity contribution in [1.82, 2.24) is 5.43 Å². The standard InChI is InChI=1S/C31H30ClN3O5S/c1-3-39-30-19-25(13-18-29(30)40-22-24-11-14-26(32)15-12-24)20-33-34-31(36)21-35(27-7-5-4-6-8-27)41(37,38)28-16-9-23(2)10-17-28/h4-20H,3,21-22H2,1-2H3,(H,34,36)/b33-20-. The lowest BCUT2D eigenvalue weighted by atomic mass is 10.2. The van der Waals surface area contributed by atoms with Gasteiger partial charge < -0.3 is 9.47 Å². The largest absolute Gasteiger partial charge is 0.490 e. The van der Waals surface area contributed by atoms with Crippen LogP contribution < -0.4 is 19.2 Å². The van der Waals surface area contributed by atoms with Crippen molar-refractivity contribution in [2.75, 3.05) is 17.5 Å². The van der Waals surface area contributed by atoms with E-state index in [2.05, 4.69) is 10.5 Å². The van der Waals surface area contributed by atoms with E-state index < -0.39 is 22.5 Å². The Kier molecular flexibility index (Phi) is 10.00. The molecule has 0 spiro atoms. The minimum atomic E-state index is -4.00. The number of aryl methyl sites for hydroxylation is 1. The molecule has 4 rings (SSSR count). The van der Waals surface area contributed by atoms with Gasteiger partial charge in [0.1, 0.15) is 13.2 Å². The number of nitrogens with zero attached hydrogens (tertiary/aromatic N) is 2. The second kappa shape index (κ2) is 13.8. The van der Waals surface area contributed by atoms with Crippen molar-refractivity contribution in [3.05, 3.63) is 119 Å². The highest BCUT2D eigenvalue weighted by molar-refractivity contribution is 7.92. The van der Waals surface area contributed by atoms with E-state index in [0.29, 0.717) is 41.0 Å². The van der Waals surface area contributed by atoms with Crippen LogP contribution in [0.4, 0.5) is 5.69 Å². The number of halogens is 1. The van der Waals surface area contributed by atoms with Gasteiger partial charge in [-0.3, -0.25) is 9.10 Å². The summed E-state index contributed by atoms with van der Waals surface area (Å²) in [6.07, 6.45) is 1.45. The third-order valence-corrected chi connectivity index (χ3v) is 7.96. The maximum absolute atomic E-state index is 13.4. The monoisotopic (exact) mass is 591 g/mol. The molecule has 0 saturated heterocycles. The average molecular weight is 592 g/mol. The number of hydrogen-bond acceptors (Lipinski definition) is 6. The number of ether oxygens (including phenoxy) is 2. The molecule has 212 valence electrons. The van der Waals surface area contributed by atoms with Crippen molar-refractivity contribution >= 4 is 39.4 Å². The molecular formula is C31H30ClN3O5S. The minimum Gasteiger partial charge on any atom is -0.490 e. The van der Waals surface area contributed by atoms with Crippen LogP contribution in [-0.2, 0) is 21.4 Å². The third kappa shape index (κ3) is 8.09. The first-order chi connectivity index (χ1) is 19.8. The summed E-state index contributed by atoms with van der Waals surface area (Å²) in [5, 5.41) is 4.69. The van der Waals surface area contributed by atoms with E-state index in [1.54, 1.807) is 72.8 Å². The first-order valence-corrected chi connectivity index (χ1v) is 14.7. The van der Waals surface area contributed by atoms with Crippen molar-refractivity contribution in [2.24, 2.45) is 5.10 Å². The predicted octanol–water partition coefficient (Wildman–Crippen LogP) is 5.97. The second-order valence-corrected chi connectivity index (χ2v) is 11.3. The van der Waals surface area contributed by atoms with Gasteiger partial charge in [-0.05, 0) is 79.6 Å². The van der Waals surface area contributed by atoms with Crippen LogP contribution in [0.5, 0.6) is 11.5 Å². The minimum absolute atomic E-state index is 0.0880. The Hall–Kier alpha value is -4.34. The second-order valence-electron chi connectivity index (χ2n) is 9.01. The summed E-state index contributed by atoms with van der Waals surface area (Å²) in [4.78, 5) is 12.9. The van der Waals surface area contributed by atoms with E-state index in [1.165, 1.54) is 18.3 Å². The van der Waals surface area contributed by atoms with Gasteiger partial charge in [-0.15, -0.1) is 0 Å². The van der Waals surface area contributed by atoms with Crippen LogP contribution >= 0.6 is 11.6 Å². The number of hydrazone groups is 1. The van der Waals surface area contributed by atoms with Gasteiger partial charge in [0.05, 0.1) is 23.4 Å². The summed E-state index contributed by atoms with van der Waals surface area (Å²) < 4.78 is 39.6. The molecule has 41 heavy (non-hydrogen) atoms. The molecule has 0 atom stereocenters. The summed E-state index contributed by atoms with van der Waals surface area (Å²) in [5.74, 6) is 0.479. The number of amides is 1. The molecule has 0 bridgehead atoms. The SMILES string of the molecule is CCOc1cc(/C=N\NC(=O)CN(c2ccccc2)S(=O)(=O)c2ccc(C)cc2)ccc1OCc1ccc(Cl)cc1. The molecule has 4 aromatic carbocycles. The molecule has 0 unspecified atom stereocenters. The molecule has 0 fully saturated rings. The fourth-order valence-corrected chi connectivity index (χ4v) is 5.37. The quantitative estimate of drug-likeness (QED) is 0.162. The smallest absolute Gasteiger partial charge is 0.264 e. The molecule has 0 heterocycles. The average Bonchev–Trinajstić information content (AvgIpc) is 2.97. The summed E-state index contributed by atoms with van der Waals surface area (Å²) in [6.45, 7) is 4.05. The topological polar surface area (TPSA) is 97.3 Å². The van der Waals surface area contributed by atoms with Crippen LogP contribution in [0.15, 0.2) is 107 Å². The molecule has 8 nitrogen and oxygen atoms in total. The van der Waals surface area contributed by atoms with Gasteiger partial charge >= 0.3 is 0 Å². The number of carbonyl (C=O) groups is 1. The zero-order valence-electron chi connectivity index (χ0n) is 22.7. The zero-order valence-corrected chi connectivity index (χ0v) is 24.2. The normalized spacial score (nSPS) is 11.3. The molecule has 0 aliphatic heterocycles. The predicted molar refractivity (Wildman–Crippen MR) is 161 cm³/mol. The lowest BCUT2D eigenvalue weighted by Gasteiger charge is -2.23. The van der Waals surface area contributed by atoms with E-state index in [4.69, 9.17) is 21.1 Å². The van der Waals surface area contributed by atoms with Crippen molar-refractivity contribution in [1.29, 1.82) is 0 Å². The highest BCUT2D eigenvalue weighted by Crippen LogP contribution is 2.29. The molecule has 0 aliphatic rings. The molecular weight excluding hydrogens is 562 g/mol. The zero-order chi connectivity index (χ0) is 29.2. The van der Waals surface area contributed by atoms with Crippen LogP contribution in [0.1, 0.15) is 23.6 Å². The Morgan fingerprint density at radius 1 is 0.927 bits per heavy atom. The number of rotatable bonds is 12. The molecule has 10 heteroatoms. The lowest BCUT2D eigenvalue weighted by molar-refractivity contribution is -0.119. The van der Waals surface area contributed by atoms with Gasteiger partial charge in [-0.2, -0.15) is 5.10 Å². The van der Waals surface area contributed by atoms with Crippen LogP contribution in [0, 0.1) is 6.92 Å². The van der Waals surface area contributed by atoms with Crippen LogP contribution in [0.3, 0.4) is 0 Å². The van der Waals surface area contributed by atoms with E-state index in [0.717, 1.165) is 15.4 Å². The Labute approximate surface area is 245 Å². The third-order valence-electron chi connectivity index (χ3n) is 5.92. The number of hydrogen-bond donors (Lipinski definition) is 1. The summed E-state index contributed by atoms with van der Waals surface area (Å²) in [7, 11) is -4.00. The number of para-hydroxylation sites is 1. The Bertz CT molecular complexity index is 1590. The Balaban J connectivity index is 1.45. The number of benzene rings is 4. The molecule has 0 radical (unpaired) electrons. The summed E-state index contributed by atoms with van der Waals surface area (Å²) in [5.41, 5.74) is 5.32. The Morgan fingerprint density at radius 3 is 2.32 bits per heavy atom. The van der Waals surface area contributed by atoms with E-state index in [9.17, 15) is 13.2 Å². The van der Waals surface area contributed by atoms with Gasteiger partial charge in [0.2, 0.25) is 0 Å². The van der Waals surface area contributed by atoms with Gasteiger partial charge in [-0.25, -0.2) is 13.8 Å². The maximum atomic E-state index is 13.4. The molecule has 4 aromatic rings. The molecule has 0 saturated carbocycles. The first-order valence-electron chi connectivity index (χ1n) is 12.9. The van der Waals surface area contributed by atoms with Crippen molar-refractivity contribution in [3.63, 3.8) is 0 Å². The van der Waals surface area contributed by atoms with Gasteiger partial charge in [0.25, 0.3) is 15.9 Å². The Morgan fingerprint density at radius 2 is 1.63 bits per heavy atom. The highest BCUT2D eigenvalue weighted by Gasteiger charge is 2.27.